The fourth-order valence-electron chi connectivity index (χ4n) is 3.26. The van der Waals surface area contributed by atoms with Crippen LogP contribution in [0, 0.1) is 0 Å². The summed E-state index contributed by atoms with van der Waals surface area (Å²) in [5.41, 5.74) is 3.98. The summed E-state index contributed by atoms with van der Waals surface area (Å²) >= 11 is 0. The van der Waals surface area contributed by atoms with Crippen molar-refractivity contribution in [1.29, 1.82) is 0 Å². The van der Waals surface area contributed by atoms with Gasteiger partial charge in [-0.1, -0.05) is 18.2 Å². The smallest absolute Gasteiger partial charge is 0.0537 e. The highest BCUT2D eigenvalue weighted by atomic mass is 15.3. The largest absolute Gasteiger partial charge is 0.369 e. The molecule has 136 valence electrons. The first-order valence-electron chi connectivity index (χ1n) is 9.33. The van der Waals surface area contributed by atoms with Crippen LogP contribution in [-0.4, -0.2) is 47.9 Å². The number of piperazine rings is 1. The Kier molecular flexibility index (Phi) is 5.76. The fraction of sp³-hybridized carbons (Fsp3) is 0.550. The van der Waals surface area contributed by atoms with Crippen LogP contribution in [0.5, 0.6) is 0 Å². The minimum Gasteiger partial charge on any atom is -0.369 e. The van der Waals surface area contributed by atoms with Gasteiger partial charge in [0.2, 0.25) is 0 Å². The molecule has 2 heterocycles. The lowest BCUT2D eigenvalue weighted by Gasteiger charge is -2.35. The Morgan fingerprint density at radius 2 is 1.80 bits per heavy atom. The van der Waals surface area contributed by atoms with E-state index < -0.39 is 0 Å². The maximum absolute atomic E-state index is 4.45. The molecular weight excluding hydrogens is 310 g/mol. The Balaban J connectivity index is 1.64. The average Bonchev–Trinajstić information content (AvgIpc) is 3.11. The normalized spacial score (nSPS) is 17.2. The van der Waals surface area contributed by atoms with Gasteiger partial charge >= 0.3 is 0 Å². The van der Waals surface area contributed by atoms with E-state index in [9.17, 15) is 0 Å². The van der Waals surface area contributed by atoms with E-state index in [0.29, 0.717) is 6.04 Å². The van der Waals surface area contributed by atoms with Crippen LogP contribution in [0.15, 0.2) is 36.7 Å². The zero-order valence-corrected chi connectivity index (χ0v) is 15.9. The van der Waals surface area contributed by atoms with E-state index >= 15 is 0 Å². The quantitative estimate of drug-likeness (QED) is 0.876. The highest BCUT2D eigenvalue weighted by Gasteiger charge is 2.17. The van der Waals surface area contributed by atoms with Crippen LogP contribution in [0.25, 0.3) is 0 Å². The minimum atomic E-state index is 0.285. The lowest BCUT2D eigenvalue weighted by molar-refractivity contribution is 0.312. The number of likely N-dealkylation sites (N-methyl/N-ethyl adjacent to an activating group) is 1. The van der Waals surface area contributed by atoms with E-state index in [4.69, 9.17) is 0 Å². The summed E-state index contributed by atoms with van der Waals surface area (Å²) in [4.78, 5) is 4.91. The number of nitrogens with zero attached hydrogens (tertiary/aromatic N) is 4. The van der Waals surface area contributed by atoms with Gasteiger partial charge in [-0.15, -0.1) is 0 Å². The summed E-state index contributed by atoms with van der Waals surface area (Å²) in [6.45, 7) is 11.9. The molecule has 2 aromatic rings. The molecule has 1 saturated heterocycles. The summed E-state index contributed by atoms with van der Waals surface area (Å²) in [5, 5.41) is 8.12. The van der Waals surface area contributed by atoms with Crippen molar-refractivity contribution in [2.24, 2.45) is 0 Å². The Bertz CT molecular complexity index is 670. The summed E-state index contributed by atoms with van der Waals surface area (Å²) < 4.78 is 2.02. The van der Waals surface area contributed by atoms with E-state index in [0.717, 1.165) is 32.7 Å². The molecule has 0 unspecified atom stereocenters. The van der Waals surface area contributed by atoms with E-state index in [1.165, 1.54) is 16.8 Å². The van der Waals surface area contributed by atoms with Gasteiger partial charge in [-0.2, -0.15) is 5.10 Å². The average molecular weight is 342 g/mol. The zero-order chi connectivity index (χ0) is 17.8. The molecule has 5 heteroatoms. The van der Waals surface area contributed by atoms with Crippen molar-refractivity contribution in [2.75, 3.05) is 38.1 Å². The summed E-state index contributed by atoms with van der Waals surface area (Å²) in [7, 11) is 2.20. The van der Waals surface area contributed by atoms with Gasteiger partial charge in [0.1, 0.15) is 0 Å². The first-order chi connectivity index (χ1) is 12.0. The summed E-state index contributed by atoms with van der Waals surface area (Å²) in [5.74, 6) is 0. The number of aromatic nitrogens is 2. The third-order valence-corrected chi connectivity index (χ3v) is 5.08. The minimum absolute atomic E-state index is 0.285. The summed E-state index contributed by atoms with van der Waals surface area (Å²) in [6, 6.07) is 9.46. The molecule has 1 fully saturated rings. The Labute approximate surface area is 151 Å². The van der Waals surface area contributed by atoms with Crippen molar-refractivity contribution in [3.8, 4) is 0 Å². The molecule has 1 aromatic heterocycles. The molecule has 1 atom stereocenters. The standard InChI is InChI=1S/C20H31N5/c1-16(2)25-15-19(14-22-25)17(3)21-13-18-7-5-6-8-20(18)24-11-9-23(4)10-12-24/h5-8,14-17,21H,9-13H2,1-4H3/t17-/m0/s1. The van der Waals surface area contributed by atoms with Crippen LogP contribution in [0.4, 0.5) is 5.69 Å². The van der Waals surface area contributed by atoms with E-state index in [-0.39, 0.29) is 6.04 Å². The van der Waals surface area contributed by atoms with Gasteiger partial charge < -0.3 is 15.1 Å². The third-order valence-electron chi connectivity index (χ3n) is 5.08. The molecule has 1 aliphatic rings. The number of rotatable bonds is 6. The van der Waals surface area contributed by atoms with Crippen molar-refractivity contribution in [1.82, 2.24) is 20.0 Å². The van der Waals surface area contributed by atoms with Crippen LogP contribution in [-0.2, 0) is 6.54 Å². The lowest BCUT2D eigenvalue weighted by Crippen LogP contribution is -2.44. The lowest BCUT2D eigenvalue weighted by atomic mass is 10.1. The van der Waals surface area contributed by atoms with Crippen LogP contribution in [0.1, 0.15) is 44.0 Å². The SMILES string of the molecule is CC(C)n1cc([C@H](C)NCc2ccccc2N2CCN(C)CC2)cn1. The zero-order valence-electron chi connectivity index (χ0n) is 15.9. The molecular formula is C20H31N5. The van der Waals surface area contributed by atoms with Crippen molar-refractivity contribution < 1.29 is 0 Å². The van der Waals surface area contributed by atoms with Crippen molar-refractivity contribution in [2.45, 2.75) is 39.4 Å². The Hall–Kier alpha value is -1.85. The van der Waals surface area contributed by atoms with Crippen LogP contribution < -0.4 is 10.2 Å². The highest BCUT2D eigenvalue weighted by Crippen LogP contribution is 2.23. The maximum atomic E-state index is 4.45. The number of hydrogen-bond donors (Lipinski definition) is 1. The van der Waals surface area contributed by atoms with Crippen molar-refractivity contribution in [3.63, 3.8) is 0 Å². The van der Waals surface area contributed by atoms with Crippen molar-refractivity contribution >= 4 is 5.69 Å². The van der Waals surface area contributed by atoms with E-state index in [2.05, 4.69) is 78.5 Å². The third kappa shape index (κ3) is 4.41. The van der Waals surface area contributed by atoms with Gasteiger partial charge in [0.15, 0.2) is 0 Å². The second kappa shape index (κ2) is 8.02. The Morgan fingerprint density at radius 1 is 1.08 bits per heavy atom. The van der Waals surface area contributed by atoms with Crippen LogP contribution in [0.2, 0.25) is 0 Å². The second-order valence-electron chi connectivity index (χ2n) is 7.37. The molecule has 1 aromatic carbocycles. The molecule has 0 saturated carbocycles. The molecule has 0 spiro atoms. The first-order valence-corrected chi connectivity index (χ1v) is 9.33. The van der Waals surface area contributed by atoms with Crippen LogP contribution >= 0.6 is 0 Å². The number of benzene rings is 1. The summed E-state index contributed by atoms with van der Waals surface area (Å²) in [6.07, 6.45) is 4.12. The highest BCUT2D eigenvalue weighted by molar-refractivity contribution is 5.54. The monoisotopic (exact) mass is 341 g/mol. The molecule has 0 radical (unpaired) electrons. The Morgan fingerprint density at radius 3 is 2.48 bits per heavy atom. The van der Waals surface area contributed by atoms with E-state index in [1.807, 2.05) is 10.9 Å². The van der Waals surface area contributed by atoms with Crippen LogP contribution in [0.3, 0.4) is 0 Å². The van der Waals surface area contributed by atoms with Crippen molar-refractivity contribution in [3.05, 3.63) is 47.8 Å². The molecule has 0 bridgehead atoms. The number of anilines is 1. The first kappa shape index (κ1) is 18.0. The molecule has 1 aliphatic heterocycles. The molecule has 25 heavy (non-hydrogen) atoms. The maximum Gasteiger partial charge on any atom is 0.0537 e. The van der Waals surface area contributed by atoms with Gasteiger partial charge in [-0.25, -0.2) is 0 Å². The topological polar surface area (TPSA) is 36.3 Å². The number of hydrogen-bond acceptors (Lipinski definition) is 4. The predicted octanol–water partition coefficient (Wildman–Crippen LogP) is 3.07. The second-order valence-corrected chi connectivity index (χ2v) is 7.37. The molecule has 0 aliphatic carbocycles. The fourth-order valence-corrected chi connectivity index (χ4v) is 3.26. The molecule has 1 N–H and O–H groups in total. The van der Waals surface area contributed by atoms with E-state index in [1.54, 1.807) is 0 Å². The molecule has 5 nitrogen and oxygen atoms in total. The molecule has 3 rings (SSSR count). The number of para-hydroxylation sites is 1. The van der Waals surface area contributed by atoms with Gasteiger partial charge in [-0.3, -0.25) is 4.68 Å². The van der Waals surface area contributed by atoms with Gasteiger partial charge in [-0.05, 0) is 39.4 Å². The predicted molar refractivity (Wildman–Crippen MR) is 104 cm³/mol. The van der Waals surface area contributed by atoms with Gasteiger partial charge in [0.05, 0.1) is 6.20 Å². The van der Waals surface area contributed by atoms with Gasteiger partial charge in [0, 0.05) is 62.3 Å². The molecule has 0 amide bonds. The van der Waals surface area contributed by atoms with Gasteiger partial charge in [0.25, 0.3) is 0 Å². The number of nitrogens with one attached hydrogen (secondary N) is 1.